The molecule has 0 atom stereocenters. The van der Waals surface area contributed by atoms with Crippen LogP contribution in [0.2, 0.25) is 0 Å². The van der Waals surface area contributed by atoms with Crippen molar-refractivity contribution in [3.8, 4) is 11.4 Å². The lowest BCUT2D eigenvalue weighted by atomic mass is 10.0. The van der Waals surface area contributed by atoms with Gasteiger partial charge in [0.1, 0.15) is 11.4 Å². The molecule has 0 unspecified atom stereocenters. The van der Waals surface area contributed by atoms with Gasteiger partial charge in [0.2, 0.25) is 5.95 Å². The van der Waals surface area contributed by atoms with Gasteiger partial charge in [0.15, 0.2) is 0 Å². The molecule has 0 saturated heterocycles. The maximum atomic E-state index is 10.2. The van der Waals surface area contributed by atoms with Gasteiger partial charge in [0.25, 0.3) is 0 Å². The second kappa shape index (κ2) is 6.76. The van der Waals surface area contributed by atoms with Crippen LogP contribution >= 0.6 is 0 Å². The molecule has 0 radical (unpaired) electrons. The predicted molar refractivity (Wildman–Crippen MR) is 100 cm³/mol. The topological polar surface area (TPSA) is 85.1 Å². The molecule has 7 heteroatoms. The molecular weight excluding hydrogens is 330 g/mol. The van der Waals surface area contributed by atoms with E-state index in [2.05, 4.69) is 20.3 Å². The number of aryl methyl sites for hydroxylation is 2. The summed E-state index contributed by atoms with van der Waals surface area (Å²) in [5.41, 5.74) is 2.91. The van der Waals surface area contributed by atoms with Gasteiger partial charge in [-0.3, -0.25) is 0 Å². The van der Waals surface area contributed by atoms with Gasteiger partial charge in [0, 0.05) is 23.6 Å². The molecule has 0 aliphatic carbocycles. The first kappa shape index (κ1) is 17.9. The number of hydrogen-bond acceptors (Lipinski definition) is 6. The molecule has 3 aromatic rings. The average Bonchev–Trinajstić information content (AvgIpc) is 2.99. The van der Waals surface area contributed by atoms with E-state index >= 15 is 0 Å². The summed E-state index contributed by atoms with van der Waals surface area (Å²) in [5, 5.41) is 13.4. The van der Waals surface area contributed by atoms with Gasteiger partial charge in [-0.15, -0.1) is 0 Å². The maximum absolute atomic E-state index is 10.2. The van der Waals surface area contributed by atoms with E-state index in [1.807, 2.05) is 42.8 Å². The smallest absolute Gasteiger partial charge is 0.227 e. The standard InChI is InChI=1S/C19H23N5O2/c1-12-8-17(19(3,4)25)23-18(21-12)22-14-6-7-15(16(9-14)26-5)24-10-13(2)20-11-24/h6-11,25H,1-5H3,(H,21,22,23). The summed E-state index contributed by atoms with van der Waals surface area (Å²) < 4.78 is 7.43. The van der Waals surface area contributed by atoms with Crippen molar-refractivity contribution in [1.29, 1.82) is 0 Å². The van der Waals surface area contributed by atoms with E-state index in [0.29, 0.717) is 17.4 Å². The average molecular weight is 353 g/mol. The van der Waals surface area contributed by atoms with Gasteiger partial charge in [-0.2, -0.15) is 0 Å². The Bertz CT molecular complexity index is 928. The molecular formula is C19H23N5O2. The van der Waals surface area contributed by atoms with E-state index in [4.69, 9.17) is 4.74 Å². The number of nitrogens with zero attached hydrogens (tertiary/aromatic N) is 4. The molecule has 0 bridgehead atoms. The van der Waals surface area contributed by atoms with E-state index in [-0.39, 0.29) is 0 Å². The quantitative estimate of drug-likeness (QED) is 0.732. The Balaban J connectivity index is 1.93. The van der Waals surface area contributed by atoms with E-state index < -0.39 is 5.60 Å². The largest absolute Gasteiger partial charge is 0.494 e. The summed E-state index contributed by atoms with van der Waals surface area (Å²) in [6, 6.07) is 7.51. The monoisotopic (exact) mass is 353 g/mol. The lowest BCUT2D eigenvalue weighted by Crippen LogP contribution is -2.19. The van der Waals surface area contributed by atoms with Crippen LogP contribution in [0, 0.1) is 13.8 Å². The Hall–Kier alpha value is -2.93. The Labute approximate surface area is 152 Å². The number of ether oxygens (including phenoxy) is 1. The lowest BCUT2D eigenvalue weighted by Gasteiger charge is -2.18. The molecule has 0 aliphatic heterocycles. The van der Waals surface area contributed by atoms with Crippen LogP contribution < -0.4 is 10.1 Å². The minimum absolute atomic E-state index is 0.426. The van der Waals surface area contributed by atoms with Gasteiger partial charge in [0.05, 0.1) is 30.5 Å². The normalized spacial score (nSPS) is 11.5. The zero-order chi connectivity index (χ0) is 18.9. The minimum Gasteiger partial charge on any atom is -0.494 e. The molecule has 2 aromatic heterocycles. The Kier molecular flexibility index (Phi) is 4.65. The van der Waals surface area contributed by atoms with Crippen LogP contribution in [0.1, 0.15) is 30.9 Å². The molecule has 1 aromatic carbocycles. The number of imidazole rings is 1. The molecule has 0 aliphatic rings. The summed E-state index contributed by atoms with van der Waals surface area (Å²) in [7, 11) is 1.63. The van der Waals surface area contributed by atoms with Crippen molar-refractivity contribution in [3.63, 3.8) is 0 Å². The number of hydrogen-bond donors (Lipinski definition) is 2. The molecule has 0 amide bonds. The maximum Gasteiger partial charge on any atom is 0.227 e. The Morgan fingerprint density at radius 3 is 2.50 bits per heavy atom. The lowest BCUT2D eigenvalue weighted by molar-refractivity contribution is 0.0737. The summed E-state index contributed by atoms with van der Waals surface area (Å²) in [6.45, 7) is 7.20. The highest BCUT2D eigenvalue weighted by Crippen LogP contribution is 2.28. The van der Waals surface area contributed by atoms with Crippen molar-refractivity contribution in [3.05, 3.63) is 53.9 Å². The third-order valence-electron chi connectivity index (χ3n) is 3.91. The number of aromatic nitrogens is 4. The zero-order valence-electron chi connectivity index (χ0n) is 15.6. The molecule has 2 N–H and O–H groups in total. The SMILES string of the molecule is COc1cc(Nc2nc(C)cc(C(C)(C)O)n2)ccc1-n1cnc(C)c1. The third kappa shape index (κ3) is 3.83. The van der Waals surface area contributed by atoms with Gasteiger partial charge < -0.3 is 19.7 Å². The van der Waals surface area contributed by atoms with Crippen molar-refractivity contribution < 1.29 is 9.84 Å². The van der Waals surface area contributed by atoms with Crippen molar-refractivity contribution in [1.82, 2.24) is 19.5 Å². The van der Waals surface area contributed by atoms with Crippen molar-refractivity contribution in [2.24, 2.45) is 0 Å². The Morgan fingerprint density at radius 1 is 1.12 bits per heavy atom. The number of nitrogens with one attached hydrogen (secondary N) is 1. The van der Waals surface area contributed by atoms with E-state index in [9.17, 15) is 5.11 Å². The first-order valence-electron chi connectivity index (χ1n) is 8.31. The van der Waals surface area contributed by atoms with Gasteiger partial charge in [-0.25, -0.2) is 15.0 Å². The fraction of sp³-hybridized carbons (Fsp3) is 0.316. The summed E-state index contributed by atoms with van der Waals surface area (Å²) in [5.74, 6) is 1.12. The van der Waals surface area contributed by atoms with E-state index in [1.54, 1.807) is 33.4 Å². The first-order chi connectivity index (χ1) is 12.3. The van der Waals surface area contributed by atoms with Crippen molar-refractivity contribution in [2.75, 3.05) is 12.4 Å². The van der Waals surface area contributed by atoms with Crippen LogP contribution in [0.15, 0.2) is 36.8 Å². The molecule has 136 valence electrons. The fourth-order valence-electron chi connectivity index (χ4n) is 2.59. The third-order valence-corrected chi connectivity index (χ3v) is 3.91. The zero-order valence-corrected chi connectivity index (χ0v) is 15.6. The van der Waals surface area contributed by atoms with Crippen LogP contribution in [0.25, 0.3) is 5.69 Å². The molecule has 7 nitrogen and oxygen atoms in total. The number of anilines is 2. The van der Waals surface area contributed by atoms with Gasteiger partial charge in [-0.05, 0) is 45.9 Å². The van der Waals surface area contributed by atoms with Crippen molar-refractivity contribution >= 4 is 11.6 Å². The molecule has 0 saturated carbocycles. The van der Waals surface area contributed by atoms with Crippen LogP contribution in [0.4, 0.5) is 11.6 Å². The molecule has 0 fully saturated rings. The molecule has 0 spiro atoms. The molecule has 26 heavy (non-hydrogen) atoms. The number of rotatable bonds is 5. The summed E-state index contributed by atoms with van der Waals surface area (Å²) >= 11 is 0. The van der Waals surface area contributed by atoms with Crippen LogP contribution in [-0.2, 0) is 5.60 Å². The van der Waals surface area contributed by atoms with E-state index in [1.165, 1.54) is 0 Å². The highest BCUT2D eigenvalue weighted by atomic mass is 16.5. The predicted octanol–water partition coefficient (Wildman–Crippen LogP) is 3.26. The second-order valence-corrected chi connectivity index (χ2v) is 6.71. The number of benzene rings is 1. The molecule has 3 rings (SSSR count). The van der Waals surface area contributed by atoms with Crippen LogP contribution in [-0.4, -0.2) is 31.7 Å². The summed E-state index contributed by atoms with van der Waals surface area (Å²) in [4.78, 5) is 13.1. The second-order valence-electron chi connectivity index (χ2n) is 6.71. The first-order valence-corrected chi connectivity index (χ1v) is 8.31. The highest BCUT2D eigenvalue weighted by Gasteiger charge is 2.19. The number of methoxy groups -OCH3 is 1. The fourth-order valence-corrected chi connectivity index (χ4v) is 2.59. The van der Waals surface area contributed by atoms with Crippen LogP contribution in [0.5, 0.6) is 5.75 Å². The van der Waals surface area contributed by atoms with E-state index in [0.717, 1.165) is 22.8 Å². The summed E-state index contributed by atoms with van der Waals surface area (Å²) in [6.07, 6.45) is 3.68. The van der Waals surface area contributed by atoms with Gasteiger partial charge in [-0.1, -0.05) is 0 Å². The number of aliphatic hydroxyl groups is 1. The van der Waals surface area contributed by atoms with Crippen molar-refractivity contribution in [2.45, 2.75) is 33.3 Å². The minimum atomic E-state index is -1.04. The Morgan fingerprint density at radius 2 is 1.88 bits per heavy atom. The van der Waals surface area contributed by atoms with Crippen LogP contribution in [0.3, 0.4) is 0 Å². The van der Waals surface area contributed by atoms with Gasteiger partial charge >= 0.3 is 0 Å². The highest BCUT2D eigenvalue weighted by molar-refractivity contribution is 5.62. The molecule has 2 heterocycles.